The van der Waals surface area contributed by atoms with E-state index in [1.807, 2.05) is 72.8 Å². The van der Waals surface area contributed by atoms with Gasteiger partial charge in [-0.2, -0.15) is 5.10 Å². The van der Waals surface area contributed by atoms with Crippen LogP contribution in [-0.4, -0.2) is 43.2 Å². The van der Waals surface area contributed by atoms with Crippen molar-refractivity contribution in [1.82, 2.24) is 10.3 Å². The van der Waals surface area contributed by atoms with Gasteiger partial charge >= 0.3 is 0 Å². The van der Waals surface area contributed by atoms with Gasteiger partial charge in [-0.25, -0.2) is 5.43 Å². The van der Waals surface area contributed by atoms with E-state index >= 15 is 0 Å². The Morgan fingerprint density at radius 3 is 2.18 bits per heavy atom. The van der Waals surface area contributed by atoms with Crippen LogP contribution < -0.4 is 15.1 Å². The number of hydrogen-bond acceptors (Lipinski definition) is 5. The van der Waals surface area contributed by atoms with E-state index in [0.717, 1.165) is 49.6 Å². The van der Waals surface area contributed by atoms with Crippen molar-refractivity contribution >= 4 is 29.4 Å². The average Bonchev–Trinajstić information content (AvgIpc) is 2.99. The summed E-state index contributed by atoms with van der Waals surface area (Å²) in [6.45, 7) is 5.40. The maximum atomic E-state index is 12.5. The van der Waals surface area contributed by atoms with Gasteiger partial charge in [-0.1, -0.05) is 54.1 Å². The van der Waals surface area contributed by atoms with E-state index in [0.29, 0.717) is 17.2 Å². The minimum absolute atomic E-state index is 0.239. The highest BCUT2D eigenvalue weighted by atomic mass is 35.5. The summed E-state index contributed by atoms with van der Waals surface area (Å²) in [7, 11) is 0. The summed E-state index contributed by atoms with van der Waals surface area (Å²) < 4.78 is 5.81. The molecule has 0 aliphatic carbocycles. The molecule has 1 aliphatic heterocycles. The molecule has 5 rings (SSSR count). The van der Waals surface area contributed by atoms with E-state index in [9.17, 15) is 4.79 Å². The van der Waals surface area contributed by atoms with Gasteiger partial charge in [-0.15, -0.1) is 0 Å². The lowest BCUT2D eigenvalue weighted by atomic mass is 10.1. The Morgan fingerprint density at radius 1 is 0.821 bits per heavy atom. The molecule has 1 fully saturated rings. The van der Waals surface area contributed by atoms with Gasteiger partial charge in [0, 0.05) is 49.0 Å². The number of para-hydroxylation sites is 1. The molecule has 0 atom stereocenters. The Hall–Kier alpha value is -4.13. The summed E-state index contributed by atoms with van der Waals surface area (Å²) in [5, 5.41) is 4.81. The van der Waals surface area contributed by atoms with Crippen molar-refractivity contribution in [2.75, 3.05) is 31.1 Å². The second kappa shape index (κ2) is 13.1. The standard InChI is InChI=1S/C32H31ClN4O2/c33-29-14-8-27(9-15-29)24-39-31-16-10-25(11-17-31)22-34-35-32(38)28-12-6-26(7-13-28)23-36-18-20-37(21-19-36)30-4-2-1-3-5-30/h1-17,22H,18-21,23-24H2,(H,35,38)/b34-22-. The first-order chi connectivity index (χ1) is 19.1. The summed E-state index contributed by atoms with van der Waals surface area (Å²) in [6, 6.07) is 33.4. The number of nitrogens with zero attached hydrogens (tertiary/aromatic N) is 3. The maximum absolute atomic E-state index is 12.5. The van der Waals surface area contributed by atoms with E-state index < -0.39 is 0 Å². The molecule has 4 aromatic carbocycles. The van der Waals surface area contributed by atoms with Crippen molar-refractivity contribution in [1.29, 1.82) is 0 Å². The Bertz CT molecular complexity index is 1370. The van der Waals surface area contributed by atoms with E-state index in [2.05, 4.69) is 50.7 Å². The third-order valence-corrected chi connectivity index (χ3v) is 6.95. The smallest absolute Gasteiger partial charge is 0.271 e. The highest BCUT2D eigenvalue weighted by Gasteiger charge is 2.17. The highest BCUT2D eigenvalue weighted by Crippen LogP contribution is 2.18. The Morgan fingerprint density at radius 2 is 1.49 bits per heavy atom. The zero-order valence-corrected chi connectivity index (χ0v) is 22.4. The van der Waals surface area contributed by atoms with E-state index in [1.165, 1.54) is 11.3 Å². The van der Waals surface area contributed by atoms with Gasteiger partial charge in [0.05, 0.1) is 6.21 Å². The fraction of sp³-hybridized carbons (Fsp3) is 0.188. The van der Waals surface area contributed by atoms with Gasteiger partial charge in [0.15, 0.2) is 0 Å². The van der Waals surface area contributed by atoms with Crippen LogP contribution in [-0.2, 0) is 13.2 Å². The van der Waals surface area contributed by atoms with Gasteiger partial charge in [-0.3, -0.25) is 9.69 Å². The van der Waals surface area contributed by atoms with E-state index in [1.54, 1.807) is 6.21 Å². The molecule has 0 unspecified atom stereocenters. The molecule has 0 aromatic heterocycles. The normalized spacial score (nSPS) is 13.9. The van der Waals surface area contributed by atoms with Crippen LogP contribution in [0.1, 0.15) is 27.0 Å². The molecule has 39 heavy (non-hydrogen) atoms. The molecular weight excluding hydrogens is 508 g/mol. The Labute approximate surface area is 234 Å². The predicted octanol–water partition coefficient (Wildman–Crippen LogP) is 6.01. The first-order valence-corrected chi connectivity index (χ1v) is 13.4. The molecule has 198 valence electrons. The summed E-state index contributed by atoms with van der Waals surface area (Å²) >= 11 is 5.92. The lowest BCUT2D eigenvalue weighted by Gasteiger charge is -2.36. The number of rotatable bonds is 9. The van der Waals surface area contributed by atoms with Crippen LogP contribution in [0.25, 0.3) is 0 Å². The fourth-order valence-electron chi connectivity index (χ4n) is 4.45. The van der Waals surface area contributed by atoms with Crippen molar-refractivity contribution in [2.45, 2.75) is 13.2 Å². The molecule has 0 radical (unpaired) electrons. The second-order valence-electron chi connectivity index (χ2n) is 9.48. The summed E-state index contributed by atoms with van der Waals surface area (Å²) in [5.41, 5.74) is 7.57. The average molecular weight is 539 g/mol. The quantitative estimate of drug-likeness (QED) is 0.210. The van der Waals surface area contributed by atoms with Crippen LogP contribution in [0.5, 0.6) is 5.75 Å². The molecule has 7 heteroatoms. The number of hydrazone groups is 1. The molecular formula is C32H31ClN4O2. The summed E-state index contributed by atoms with van der Waals surface area (Å²) in [6.07, 6.45) is 1.62. The van der Waals surface area contributed by atoms with Crippen molar-refractivity contribution in [3.05, 3.63) is 130 Å². The Balaban J connectivity index is 1.05. The zero-order chi connectivity index (χ0) is 26.9. The zero-order valence-electron chi connectivity index (χ0n) is 21.7. The number of ether oxygens (including phenoxy) is 1. The molecule has 1 saturated heterocycles. The lowest BCUT2D eigenvalue weighted by molar-refractivity contribution is 0.0955. The van der Waals surface area contributed by atoms with Crippen molar-refractivity contribution < 1.29 is 9.53 Å². The SMILES string of the molecule is O=C(N/N=C\c1ccc(OCc2ccc(Cl)cc2)cc1)c1ccc(CN2CCN(c3ccccc3)CC2)cc1. The lowest BCUT2D eigenvalue weighted by Crippen LogP contribution is -2.45. The minimum Gasteiger partial charge on any atom is -0.489 e. The van der Waals surface area contributed by atoms with Crippen molar-refractivity contribution in [3.63, 3.8) is 0 Å². The molecule has 0 bridgehead atoms. The van der Waals surface area contributed by atoms with Crippen LogP contribution in [0.3, 0.4) is 0 Å². The first-order valence-electron chi connectivity index (χ1n) is 13.0. The number of amides is 1. The minimum atomic E-state index is -0.239. The van der Waals surface area contributed by atoms with Crippen LogP contribution in [0.4, 0.5) is 5.69 Å². The number of nitrogens with one attached hydrogen (secondary N) is 1. The predicted molar refractivity (Wildman–Crippen MR) is 158 cm³/mol. The van der Waals surface area contributed by atoms with Crippen molar-refractivity contribution in [2.24, 2.45) is 5.10 Å². The molecule has 0 saturated carbocycles. The van der Waals surface area contributed by atoms with E-state index in [-0.39, 0.29) is 5.91 Å². The van der Waals surface area contributed by atoms with Crippen LogP contribution in [0.15, 0.2) is 108 Å². The number of carbonyl (C=O) groups is 1. The van der Waals surface area contributed by atoms with Crippen LogP contribution in [0, 0.1) is 0 Å². The largest absolute Gasteiger partial charge is 0.489 e. The molecule has 1 heterocycles. The number of anilines is 1. The number of halogens is 1. The molecule has 1 N–H and O–H groups in total. The van der Waals surface area contributed by atoms with Gasteiger partial charge in [0.1, 0.15) is 12.4 Å². The third kappa shape index (κ3) is 7.69. The number of carbonyl (C=O) groups excluding carboxylic acids is 1. The number of piperazine rings is 1. The highest BCUT2D eigenvalue weighted by molar-refractivity contribution is 6.30. The van der Waals surface area contributed by atoms with Crippen molar-refractivity contribution in [3.8, 4) is 5.75 Å². The van der Waals surface area contributed by atoms with Crippen LogP contribution in [0.2, 0.25) is 5.02 Å². The number of hydrogen-bond donors (Lipinski definition) is 1. The molecule has 6 nitrogen and oxygen atoms in total. The fourth-order valence-corrected chi connectivity index (χ4v) is 4.58. The molecule has 0 spiro atoms. The van der Waals surface area contributed by atoms with Gasteiger partial charge in [0.25, 0.3) is 5.91 Å². The maximum Gasteiger partial charge on any atom is 0.271 e. The van der Waals surface area contributed by atoms with Crippen LogP contribution >= 0.6 is 11.6 Å². The number of benzene rings is 4. The van der Waals surface area contributed by atoms with Gasteiger partial charge in [-0.05, 0) is 77.4 Å². The summed E-state index contributed by atoms with van der Waals surface area (Å²) in [4.78, 5) is 17.4. The summed E-state index contributed by atoms with van der Waals surface area (Å²) in [5.74, 6) is 0.515. The van der Waals surface area contributed by atoms with Gasteiger partial charge < -0.3 is 9.64 Å². The van der Waals surface area contributed by atoms with Gasteiger partial charge in [0.2, 0.25) is 0 Å². The molecule has 1 amide bonds. The molecule has 1 aliphatic rings. The van der Waals surface area contributed by atoms with E-state index in [4.69, 9.17) is 16.3 Å². The third-order valence-electron chi connectivity index (χ3n) is 6.69. The monoisotopic (exact) mass is 538 g/mol. The Kier molecular flexibility index (Phi) is 8.89. The second-order valence-corrected chi connectivity index (χ2v) is 9.92. The topological polar surface area (TPSA) is 57.2 Å². The molecule has 4 aromatic rings. The first kappa shape index (κ1) is 26.5.